The molecule has 0 saturated heterocycles. The second-order valence-electron chi connectivity index (χ2n) is 2.23. The molecule has 0 aromatic rings. The number of halogens is 1. The highest BCUT2D eigenvalue weighted by atomic mass is 35.5. The number of nitrogens with zero attached hydrogens (tertiary/aromatic N) is 1. The molecule has 0 aromatic carbocycles. The minimum Gasteiger partial charge on any atom is -0.309 e. The molecule has 0 aliphatic heterocycles. The summed E-state index contributed by atoms with van der Waals surface area (Å²) in [4.78, 5) is 12.5. The lowest BCUT2D eigenvalue weighted by Gasteiger charge is -2.06. The normalized spacial score (nSPS) is 10.2. The van der Waals surface area contributed by atoms with Crippen molar-refractivity contribution >= 4 is 17.4 Å². The molecule has 0 radical (unpaired) electrons. The van der Waals surface area contributed by atoms with Crippen LogP contribution < -0.4 is 0 Å². The fraction of sp³-hybridized carbons (Fsp3) is 0.833. The Morgan fingerprint density at radius 3 is 2.44 bits per heavy atom. The Kier molecular flexibility index (Phi) is 4.72. The molecule has 0 bridgehead atoms. The van der Waals surface area contributed by atoms with Crippen LogP contribution in [-0.2, 0) is 4.79 Å². The molecular weight excluding hydrogens is 138 g/mol. The predicted octanol–water partition coefficient (Wildman–Crippen LogP) is 0.746. The lowest BCUT2D eigenvalue weighted by Crippen LogP contribution is -2.16. The molecule has 0 rings (SSSR count). The van der Waals surface area contributed by atoms with Gasteiger partial charge in [-0.15, -0.1) is 11.6 Å². The monoisotopic (exact) mass is 149 g/mol. The summed E-state index contributed by atoms with van der Waals surface area (Å²) >= 11 is 5.27. The maximum absolute atomic E-state index is 10.6. The Morgan fingerprint density at radius 1 is 1.56 bits per heavy atom. The molecule has 0 aliphatic carbocycles. The summed E-state index contributed by atoms with van der Waals surface area (Å²) in [6, 6.07) is 0. The van der Waals surface area contributed by atoms with Gasteiger partial charge in [-0.3, -0.25) is 4.79 Å². The number of carbonyl (C=O) groups is 1. The van der Waals surface area contributed by atoms with Crippen molar-refractivity contribution in [1.82, 2.24) is 4.90 Å². The number of rotatable bonds is 4. The van der Waals surface area contributed by atoms with Gasteiger partial charge < -0.3 is 4.90 Å². The molecule has 0 saturated carbocycles. The molecule has 0 heterocycles. The zero-order valence-electron chi connectivity index (χ0n) is 5.85. The van der Waals surface area contributed by atoms with Gasteiger partial charge in [-0.05, 0) is 14.1 Å². The van der Waals surface area contributed by atoms with Crippen LogP contribution in [0, 0.1) is 0 Å². The van der Waals surface area contributed by atoms with Crippen LogP contribution in [0.15, 0.2) is 0 Å². The average Bonchev–Trinajstić information content (AvgIpc) is 1.83. The van der Waals surface area contributed by atoms with E-state index >= 15 is 0 Å². The van der Waals surface area contributed by atoms with E-state index in [0.717, 1.165) is 6.54 Å². The average molecular weight is 150 g/mol. The molecule has 0 N–H and O–H groups in total. The van der Waals surface area contributed by atoms with Crippen LogP contribution in [0.1, 0.15) is 6.42 Å². The van der Waals surface area contributed by atoms with Crippen molar-refractivity contribution in [3.8, 4) is 0 Å². The van der Waals surface area contributed by atoms with Gasteiger partial charge in [0.2, 0.25) is 0 Å². The van der Waals surface area contributed by atoms with Crippen LogP contribution in [-0.4, -0.2) is 37.2 Å². The number of alkyl halides is 1. The fourth-order valence-electron chi connectivity index (χ4n) is 0.415. The molecule has 0 atom stereocenters. The molecule has 0 fully saturated rings. The maximum Gasteiger partial charge on any atom is 0.148 e. The van der Waals surface area contributed by atoms with E-state index in [1.807, 2.05) is 19.0 Å². The first-order chi connectivity index (χ1) is 4.16. The first-order valence-electron chi connectivity index (χ1n) is 2.89. The third-order valence-electron chi connectivity index (χ3n) is 0.987. The molecular formula is C6H12ClNO. The summed E-state index contributed by atoms with van der Waals surface area (Å²) < 4.78 is 0. The van der Waals surface area contributed by atoms with E-state index in [1.165, 1.54) is 0 Å². The minimum absolute atomic E-state index is 0.116. The standard InChI is InChI=1S/C6H12ClNO/c1-8(2)4-3-6(9)5-7/h3-5H2,1-2H3. The number of carbonyl (C=O) groups excluding carboxylic acids is 1. The van der Waals surface area contributed by atoms with Crippen molar-refractivity contribution in [3.63, 3.8) is 0 Å². The molecule has 2 nitrogen and oxygen atoms in total. The highest BCUT2D eigenvalue weighted by molar-refractivity contribution is 6.27. The second-order valence-corrected chi connectivity index (χ2v) is 2.49. The third kappa shape index (κ3) is 5.80. The molecule has 3 heteroatoms. The van der Waals surface area contributed by atoms with E-state index in [4.69, 9.17) is 11.6 Å². The zero-order valence-corrected chi connectivity index (χ0v) is 6.61. The van der Waals surface area contributed by atoms with Gasteiger partial charge >= 0.3 is 0 Å². The molecule has 9 heavy (non-hydrogen) atoms. The van der Waals surface area contributed by atoms with Crippen LogP contribution in [0.4, 0.5) is 0 Å². The molecule has 54 valence electrons. The minimum atomic E-state index is 0.116. The van der Waals surface area contributed by atoms with E-state index < -0.39 is 0 Å². The van der Waals surface area contributed by atoms with Crippen molar-refractivity contribution in [2.75, 3.05) is 26.5 Å². The first-order valence-corrected chi connectivity index (χ1v) is 3.42. The highest BCUT2D eigenvalue weighted by Gasteiger charge is 1.98. The fourth-order valence-corrected chi connectivity index (χ4v) is 0.549. The van der Waals surface area contributed by atoms with Crippen LogP contribution in [0.3, 0.4) is 0 Å². The summed E-state index contributed by atoms with van der Waals surface area (Å²) in [5.41, 5.74) is 0. The van der Waals surface area contributed by atoms with Gasteiger partial charge in [0.1, 0.15) is 5.78 Å². The van der Waals surface area contributed by atoms with Gasteiger partial charge in [0.15, 0.2) is 0 Å². The van der Waals surface area contributed by atoms with Crippen LogP contribution in [0.2, 0.25) is 0 Å². The Labute approximate surface area is 60.8 Å². The third-order valence-corrected chi connectivity index (χ3v) is 1.28. The van der Waals surface area contributed by atoms with Crippen molar-refractivity contribution in [2.45, 2.75) is 6.42 Å². The summed E-state index contributed by atoms with van der Waals surface area (Å²) in [6.45, 7) is 0.797. The lowest BCUT2D eigenvalue weighted by atomic mass is 10.3. The Bertz CT molecular complexity index is 93.1. The Morgan fingerprint density at radius 2 is 2.11 bits per heavy atom. The topological polar surface area (TPSA) is 20.3 Å². The predicted molar refractivity (Wildman–Crippen MR) is 38.9 cm³/mol. The smallest absolute Gasteiger partial charge is 0.148 e. The number of Topliss-reactive ketones (excluding diaryl/α,β-unsaturated/α-hetero) is 1. The lowest BCUT2D eigenvalue weighted by molar-refractivity contribution is -0.116. The largest absolute Gasteiger partial charge is 0.309 e. The second kappa shape index (κ2) is 4.77. The van der Waals surface area contributed by atoms with Gasteiger partial charge in [-0.1, -0.05) is 0 Å². The SMILES string of the molecule is CN(C)CCC(=O)CCl. The van der Waals surface area contributed by atoms with Gasteiger partial charge in [0.05, 0.1) is 5.88 Å². The first kappa shape index (κ1) is 8.92. The molecule has 0 spiro atoms. The molecule has 0 unspecified atom stereocenters. The highest BCUT2D eigenvalue weighted by Crippen LogP contribution is 1.87. The van der Waals surface area contributed by atoms with Gasteiger partial charge in [-0.25, -0.2) is 0 Å². The number of hydrogen-bond donors (Lipinski definition) is 0. The Hall–Kier alpha value is -0.0800. The van der Waals surface area contributed by atoms with E-state index in [1.54, 1.807) is 0 Å². The van der Waals surface area contributed by atoms with Crippen molar-refractivity contribution in [2.24, 2.45) is 0 Å². The summed E-state index contributed by atoms with van der Waals surface area (Å²) in [5.74, 6) is 0.263. The summed E-state index contributed by atoms with van der Waals surface area (Å²) in [6.07, 6.45) is 0.566. The zero-order chi connectivity index (χ0) is 7.28. The summed E-state index contributed by atoms with van der Waals surface area (Å²) in [7, 11) is 3.86. The quantitative estimate of drug-likeness (QED) is 0.550. The van der Waals surface area contributed by atoms with Crippen LogP contribution in [0.5, 0.6) is 0 Å². The van der Waals surface area contributed by atoms with Crippen molar-refractivity contribution < 1.29 is 4.79 Å². The van der Waals surface area contributed by atoms with E-state index in [0.29, 0.717) is 6.42 Å². The molecule has 0 amide bonds. The van der Waals surface area contributed by atoms with Gasteiger partial charge in [0.25, 0.3) is 0 Å². The summed E-state index contributed by atoms with van der Waals surface area (Å²) in [5, 5.41) is 0. The van der Waals surface area contributed by atoms with Crippen molar-refractivity contribution in [1.29, 1.82) is 0 Å². The molecule has 0 aliphatic rings. The van der Waals surface area contributed by atoms with E-state index in [9.17, 15) is 4.79 Å². The maximum atomic E-state index is 10.6. The van der Waals surface area contributed by atoms with Gasteiger partial charge in [-0.2, -0.15) is 0 Å². The van der Waals surface area contributed by atoms with E-state index in [2.05, 4.69) is 0 Å². The molecule has 0 aromatic heterocycles. The number of ketones is 1. The number of hydrogen-bond acceptors (Lipinski definition) is 2. The Balaban J connectivity index is 3.17. The van der Waals surface area contributed by atoms with E-state index in [-0.39, 0.29) is 11.7 Å². The van der Waals surface area contributed by atoms with Crippen molar-refractivity contribution in [3.05, 3.63) is 0 Å². The van der Waals surface area contributed by atoms with Crippen LogP contribution in [0.25, 0.3) is 0 Å². The van der Waals surface area contributed by atoms with Crippen LogP contribution >= 0.6 is 11.6 Å². The van der Waals surface area contributed by atoms with Gasteiger partial charge in [0, 0.05) is 13.0 Å².